The quantitative estimate of drug-likeness (QED) is 0.0879. The van der Waals surface area contributed by atoms with Gasteiger partial charge in [-0.2, -0.15) is 0 Å². The Morgan fingerprint density at radius 3 is 2.37 bits per heavy atom. The summed E-state index contributed by atoms with van der Waals surface area (Å²) in [6.07, 6.45) is 6.91. The lowest BCUT2D eigenvalue weighted by atomic mass is 10.1. The van der Waals surface area contributed by atoms with Crippen LogP contribution in [0.1, 0.15) is 24.2 Å². The highest BCUT2D eigenvalue weighted by Crippen LogP contribution is 2.30. The third-order valence-electron chi connectivity index (χ3n) is 8.27. The van der Waals surface area contributed by atoms with E-state index in [-0.39, 0.29) is 31.0 Å². The van der Waals surface area contributed by atoms with Crippen molar-refractivity contribution in [2.45, 2.75) is 32.5 Å². The summed E-state index contributed by atoms with van der Waals surface area (Å²) in [5.74, 6) is 0.556. The van der Waals surface area contributed by atoms with Gasteiger partial charge in [-0.25, -0.2) is 14.6 Å². The molecule has 0 fully saturated rings. The van der Waals surface area contributed by atoms with Crippen molar-refractivity contribution in [3.8, 4) is 5.75 Å². The maximum Gasteiger partial charge on any atom is 0.253 e. The fraction of sp³-hybridized carbons (Fsp3) is 0.389. The molecule has 15 heteroatoms. The highest BCUT2D eigenvalue weighted by atomic mass is 16.5. The molecule has 2 amide bonds. The summed E-state index contributed by atoms with van der Waals surface area (Å²) < 4.78 is 32.3. The van der Waals surface area contributed by atoms with E-state index >= 15 is 0 Å². The molecular weight excluding hydrogens is 656 g/mol. The third-order valence-corrected chi connectivity index (χ3v) is 8.27. The zero-order valence-electron chi connectivity index (χ0n) is 28.6. The van der Waals surface area contributed by atoms with E-state index in [2.05, 4.69) is 37.0 Å². The first-order valence-electron chi connectivity index (χ1n) is 17.0. The van der Waals surface area contributed by atoms with Crippen LogP contribution in [0.15, 0.2) is 73.2 Å². The van der Waals surface area contributed by atoms with Crippen molar-refractivity contribution in [1.82, 2.24) is 34.4 Å². The van der Waals surface area contributed by atoms with Crippen LogP contribution in [0, 0.1) is 0 Å². The number of benzene rings is 2. The van der Waals surface area contributed by atoms with Crippen molar-refractivity contribution < 1.29 is 33.3 Å². The van der Waals surface area contributed by atoms with Gasteiger partial charge in [0, 0.05) is 24.1 Å². The first kappa shape index (κ1) is 35.6. The number of pyridine rings is 1. The van der Waals surface area contributed by atoms with Crippen LogP contribution in [0.25, 0.3) is 21.9 Å². The Kier molecular flexibility index (Phi) is 12.3. The molecule has 5 aromatic rings. The smallest absolute Gasteiger partial charge is 0.253 e. The molecule has 0 bridgehead atoms. The number of para-hydroxylation sites is 1. The standard InChI is InChI=1S/C36H42N8O7/c1-2-47-24-28(44-25-38-34-35(44)30-5-3-4-6-31(30)39-36(34)37)21-26-7-9-29(10-8-26)51-16-13-42-22-27(40-41-42)23-50-20-19-49-18-17-48-15-14-43-32(45)11-12-33(43)46/h3-12,22,25,28H,2,13-21,23-24H2,1H3,(H2,37,39). The summed E-state index contributed by atoms with van der Waals surface area (Å²) >= 11 is 0. The second-order valence-electron chi connectivity index (χ2n) is 11.8. The minimum atomic E-state index is -0.313. The highest BCUT2D eigenvalue weighted by molar-refractivity contribution is 6.12. The maximum atomic E-state index is 11.5. The van der Waals surface area contributed by atoms with E-state index in [0.717, 1.165) is 39.1 Å². The Morgan fingerprint density at radius 2 is 1.59 bits per heavy atom. The van der Waals surface area contributed by atoms with Crippen molar-refractivity contribution in [1.29, 1.82) is 0 Å². The fourth-order valence-corrected chi connectivity index (χ4v) is 5.73. The van der Waals surface area contributed by atoms with Crippen molar-refractivity contribution in [3.63, 3.8) is 0 Å². The number of ether oxygens (including phenoxy) is 5. The second-order valence-corrected chi connectivity index (χ2v) is 11.8. The Hall–Kier alpha value is -5.22. The fourth-order valence-electron chi connectivity index (χ4n) is 5.73. The molecule has 51 heavy (non-hydrogen) atoms. The third kappa shape index (κ3) is 9.32. The molecule has 1 unspecified atom stereocenters. The lowest BCUT2D eigenvalue weighted by Gasteiger charge is -2.20. The van der Waals surface area contributed by atoms with Crippen molar-refractivity contribution in [2.75, 3.05) is 65.1 Å². The van der Waals surface area contributed by atoms with Crippen LogP contribution in [0.2, 0.25) is 0 Å². The molecule has 15 nitrogen and oxygen atoms in total. The summed E-state index contributed by atoms with van der Waals surface area (Å²) in [7, 11) is 0. The first-order chi connectivity index (χ1) is 25.0. The van der Waals surface area contributed by atoms with E-state index in [4.69, 9.17) is 29.4 Å². The topological polar surface area (TPSA) is 171 Å². The number of nitrogen functional groups attached to an aromatic ring is 1. The number of imide groups is 1. The summed E-state index contributed by atoms with van der Waals surface area (Å²) in [4.78, 5) is 33.3. The SMILES string of the molecule is CCOCC(Cc1ccc(OCCn2cc(COCCOCCOCCN3C(=O)C=CC3=O)nn2)cc1)n1cnc2c(N)nc3ccccc3c21. The average molecular weight is 699 g/mol. The monoisotopic (exact) mass is 698 g/mol. The minimum absolute atomic E-state index is 0.00181. The van der Waals surface area contributed by atoms with Gasteiger partial charge < -0.3 is 34.0 Å². The van der Waals surface area contributed by atoms with Gasteiger partial charge in [0.1, 0.15) is 23.6 Å². The number of anilines is 1. The molecule has 0 aliphatic carbocycles. The molecule has 0 radical (unpaired) electrons. The number of nitrogens with zero attached hydrogens (tertiary/aromatic N) is 7. The second kappa shape index (κ2) is 17.6. The predicted molar refractivity (Wildman–Crippen MR) is 188 cm³/mol. The van der Waals surface area contributed by atoms with Crippen molar-refractivity contribution in [2.24, 2.45) is 0 Å². The number of hydrogen-bond donors (Lipinski definition) is 1. The average Bonchev–Trinajstić information content (AvgIpc) is 3.87. The molecule has 0 saturated carbocycles. The zero-order valence-corrected chi connectivity index (χ0v) is 28.6. The van der Waals surface area contributed by atoms with Gasteiger partial charge in [0.05, 0.1) is 88.9 Å². The van der Waals surface area contributed by atoms with E-state index in [1.54, 1.807) is 4.68 Å². The van der Waals surface area contributed by atoms with E-state index in [9.17, 15) is 9.59 Å². The molecule has 268 valence electrons. The molecule has 3 aromatic heterocycles. The van der Waals surface area contributed by atoms with E-state index in [0.29, 0.717) is 76.4 Å². The lowest BCUT2D eigenvalue weighted by molar-refractivity contribution is -0.137. The number of hydrogen-bond acceptors (Lipinski definition) is 12. The Bertz CT molecular complexity index is 1920. The number of carbonyl (C=O) groups excluding carboxylic acids is 2. The van der Waals surface area contributed by atoms with Gasteiger partial charge in [-0.05, 0) is 37.1 Å². The summed E-state index contributed by atoms with van der Waals surface area (Å²) in [5.41, 5.74) is 10.6. The molecule has 1 atom stereocenters. The minimum Gasteiger partial charge on any atom is -0.492 e. The zero-order chi connectivity index (χ0) is 35.4. The van der Waals surface area contributed by atoms with Gasteiger partial charge in [-0.1, -0.05) is 35.5 Å². The highest BCUT2D eigenvalue weighted by Gasteiger charge is 2.22. The molecule has 1 aliphatic heterocycles. The van der Waals surface area contributed by atoms with E-state index in [1.807, 2.05) is 55.8 Å². The molecular formula is C36H42N8O7. The van der Waals surface area contributed by atoms with Gasteiger partial charge in [-0.15, -0.1) is 5.10 Å². The van der Waals surface area contributed by atoms with Crippen LogP contribution in [0.3, 0.4) is 0 Å². The van der Waals surface area contributed by atoms with Crippen LogP contribution in [0.5, 0.6) is 5.75 Å². The number of fused-ring (bicyclic) bond motifs is 3. The number of imidazole rings is 1. The van der Waals surface area contributed by atoms with Crippen LogP contribution >= 0.6 is 0 Å². The molecule has 2 aromatic carbocycles. The normalized spacial score (nSPS) is 13.6. The first-order valence-corrected chi connectivity index (χ1v) is 17.0. The summed E-state index contributed by atoms with van der Waals surface area (Å²) in [5, 5.41) is 9.33. The number of carbonyl (C=O) groups is 2. The predicted octanol–water partition coefficient (Wildman–Crippen LogP) is 3.13. The van der Waals surface area contributed by atoms with Gasteiger partial charge in [0.2, 0.25) is 0 Å². The van der Waals surface area contributed by atoms with Crippen LogP contribution in [0.4, 0.5) is 5.82 Å². The number of aromatic nitrogens is 6. The molecule has 1 aliphatic rings. The lowest BCUT2D eigenvalue weighted by Crippen LogP contribution is -2.33. The Morgan fingerprint density at radius 1 is 0.843 bits per heavy atom. The molecule has 2 N–H and O–H groups in total. The largest absolute Gasteiger partial charge is 0.492 e. The van der Waals surface area contributed by atoms with Gasteiger partial charge in [0.15, 0.2) is 5.82 Å². The van der Waals surface area contributed by atoms with Gasteiger partial charge in [0.25, 0.3) is 11.8 Å². The van der Waals surface area contributed by atoms with Gasteiger partial charge in [-0.3, -0.25) is 14.5 Å². The van der Waals surface area contributed by atoms with Crippen LogP contribution in [-0.2, 0) is 48.1 Å². The van der Waals surface area contributed by atoms with Gasteiger partial charge >= 0.3 is 0 Å². The van der Waals surface area contributed by atoms with Crippen LogP contribution < -0.4 is 10.5 Å². The van der Waals surface area contributed by atoms with Crippen molar-refractivity contribution in [3.05, 3.63) is 84.5 Å². The van der Waals surface area contributed by atoms with E-state index in [1.165, 1.54) is 12.2 Å². The maximum absolute atomic E-state index is 11.5. The number of nitrogens with two attached hydrogens (primary N) is 1. The molecule has 4 heterocycles. The number of rotatable bonds is 21. The van der Waals surface area contributed by atoms with Crippen molar-refractivity contribution >= 4 is 39.6 Å². The molecule has 0 spiro atoms. The van der Waals surface area contributed by atoms with E-state index < -0.39 is 0 Å². The molecule has 6 rings (SSSR count). The Balaban J connectivity index is 0.894. The molecule has 0 saturated heterocycles. The van der Waals surface area contributed by atoms with Crippen LogP contribution in [-0.4, -0.2) is 106 Å². The number of amides is 2. The Labute approximate surface area is 294 Å². The summed E-state index contributed by atoms with van der Waals surface area (Å²) in [6, 6.07) is 16.1. The summed E-state index contributed by atoms with van der Waals surface area (Å²) in [6.45, 7) is 6.42.